The van der Waals surface area contributed by atoms with E-state index in [4.69, 9.17) is 0 Å². The first-order valence-corrected chi connectivity index (χ1v) is 7.58. The lowest BCUT2D eigenvalue weighted by atomic mass is 9.88. The third-order valence-corrected chi connectivity index (χ3v) is 4.19. The van der Waals surface area contributed by atoms with Crippen molar-refractivity contribution >= 4 is 11.8 Å². The minimum Gasteiger partial charge on any atom is -0.354 e. The second-order valence-electron chi connectivity index (χ2n) is 5.77. The molecule has 1 aromatic rings. The van der Waals surface area contributed by atoms with Crippen LogP contribution < -0.4 is 10.6 Å². The molecule has 0 spiro atoms. The summed E-state index contributed by atoms with van der Waals surface area (Å²) in [6.07, 6.45) is 3.19. The molecule has 5 nitrogen and oxygen atoms in total. The van der Waals surface area contributed by atoms with E-state index in [0.717, 1.165) is 25.8 Å². The number of hydrogen-bond donors (Lipinski definition) is 2. The molecule has 1 heterocycles. The number of nitrogens with one attached hydrogen (secondary N) is 2. The number of benzene rings is 1. The lowest BCUT2D eigenvalue weighted by Crippen LogP contribution is -2.50. The van der Waals surface area contributed by atoms with Gasteiger partial charge in [0.2, 0.25) is 11.8 Å². The maximum atomic E-state index is 12.2. The molecule has 2 amide bonds. The molecule has 1 aliphatic heterocycles. The Labute approximate surface area is 124 Å². The van der Waals surface area contributed by atoms with E-state index in [0.29, 0.717) is 19.6 Å². The van der Waals surface area contributed by atoms with Crippen molar-refractivity contribution in [3.63, 3.8) is 0 Å². The summed E-state index contributed by atoms with van der Waals surface area (Å²) < 4.78 is 0. The first-order valence-electron chi connectivity index (χ1n) is 7.58. The lowest BCUT2D eigenvalue weighted by molar-refractivity contribution is -0.127. The fraction of sp³-hybridized carbons (Fsp3) is 0.500. The molecule has 2 N–H and O–H groups in total. The molecule has 5 heteroatoms. The van der Waals surface area contributed by atoms with E-state index in [1.165, 1.54) is 11.1 Å². The summed E-state index contributed by atoms with van der Waals surface area (Å²) in [7, 11) is 0. The van der Waals surface area contributed by atoms with Crippen LogP contribution in [0.4, 0.5) is 0 Å². The average Bonchev–Trinajstić information content (AvgIpc) is 2.47. The van der Waals surface area contributed by atoms with Crippen LogP contribution in [0.3, 0.4) is 0 Å². The van der Waals surface area contributed by atoms with Crippen molar-refractivity contribution in [2.24, 2.45) is 0 Å². The van der Waals surface area contributed by atoms with Crippen LogP contribution in [0.2, 0.25) is 0 Å². The Morgan fingerprint density at radius 1 is 1.38 bits per heavy atom. The van der Waals surface area contributed by atoms with Crippen molar-refractivity contribution in [1.29, 1.82) is 0 Å². The van der Waals surface area contributed by atoms with Crippen molar-refractivity contribution < 1.29 is 9.59 Å². The van der Waals surface area contributed by atoms with Gasteiger partial charge in [-0.15, -0.1) is 0 Å². The molecule has 1 aliphatic carbocycles. The van der Waals surface area contributed by atoms with Crippen molar-refractivity contribution in [3.05, 3.63) is 35.4 Å². The maximum Gasteiger partial charge on any atom is 0.234 e. The highest BCUT2D eigenvalue weighted by Crippen LogP contribution is 2.29. The van der Waals surface area contributed by atoms with Crippen molar-refractivity contribution in [3.8, 4) is 0 Å². The van der Waals surface area contributed by atoms with E-state index in [1.807, 2.05) is 11.0 Å². The van der Waals surface area contributed by atoms with Crippen molar-refractivity contribution in [2.45, 2.75) is 25.3 Å². The number of amides is 2. The number of carbonyl (C=O) groups is 2. The standard InChI is InChI=1S/C16H21N3O2/c20-15-10-19(9-8-17-15)11-16(21)18-14-7-3-5-12-4-1-2-6-13(12)14/h1-2,4,6,14H,3,5,7-11H2,(H,17,20)(H,18,21)/t14-/m1/s1. The maximum absolute atomic E-state index is 12.2. The fourth-order valence-corrected chi connectivity index (χ4v) is 3.17. The topological polar surface area (TPSA) is 61.4 Å². The van der Waals surface area contributed by atoms with E-state index < -0.39 is 0 Å². The Kier molecular flexibility index (Phi) is 4.20. The van der Waals surface area contributed by atoms with Gasteiger partial charge in [-0.05, 0) is 30.4 Å². The summed E-state index contributed by atoms with van der Waals surface area (Å²) in [6, 6.07) is 8.44. The second-order valence-corrected chi connectivity index (χ2v) is 5.77. The molecule has 3 rings (SSSR count). The van der Waals surface area contributed by atoms with E-state index in [2.05, 4.69) is 28.8 Å². The summed E-state index contributed by atoms with van der Waals surface area (Å²) in [4.78, 5) is 25.4. The van der Waals surface area contributed by atoms with Gasteiger partial charge in [0, 0.05) is 13.1 Å². The Morgan fingerprint density at radius 3 is 3.10 bits per heavy atom. The molecule has 0 aromatic heterocycles. The van der Waals surface area contributed by atoms with E-state index >= 15 is 0 Å². The van der Waals surface area contributed by atoms with Crippen LogP contribution in [0.1, 0.15) is 30.0 Å². The molecule has 0 bridgehead atoms. The molecular formula is C16H21N3O2. The average molecular weight is 287 g/mol. The first kappa shape index (κ1) is 14.1. The fourth-order valence-electron chi connectivity index (χ4n) is 3.17. The lowest BCUT2D eigenvalue weighted by Gasteiger charge is -2.29. The quantitative estimate of drug-likeness (QED) is 0.856. The van der Waals surface area contributed by atoms with Crippen LogP contribution in [-0.4, -0.2) is 42.9 Å². The van der Waals surface area contributed by atoms with Gasteiger partial charge in [0.1, 0.15) is 0 Å². The van der Waals surface area contributed by atoms with Crippen LogP contribution in [0, 0.1) is 0 Å². The summed E-state index contributed by atoms with van der Waals surface area (Å²) >= 11 is 0. The summed E-state index contributed by atoms with van der Waals surface area (Å²) in [5, 5.41) is 5.89. The zero-order valence-electron chi connectivity index (χ0n) is 12.1. The van der Waals surface area contributed by atoms with Gasteiger partial charge in [-0.1, -0.05) is 24.3 Å². The first-order chi connectivity index (χ1) is 10.2. The van der Waals surface area contributed by atoms with Crippen molar-refractivity contribution in [2.75, 3.05) is 26.2 Å². The minimum atomic E-state index is -0.00272. The number of hydrogen-bond acceptors (Lipinski definition) is 3. The highest BCUT2D eigenvalue weighted by atomic mass is 16.2. The Bertz CT molecular complexity index is 544. The zero-order chi connectivity index (χ0) is 14.7. The third kappa shape index (κ3) is 3.42. The van der Waals surface area contributed by atoms with Gasteiger partial charge in [0.05, 0.1) is 19.1 Å². The molecule has 2 aliphatic rings. The molecule has 0 unspecified atom stereocenters. The van der Waals surface area contributed by atoms with Crippen LogP contribution in [-0.2, 0) is 16.0 Å². The Balaban J connectivity index is 1.59. The number of carbonyl (C=O) groups excluding carboxylic acids is 2. The van der Waals surface area contributed by atoms with E-state index in [-0.39, 0.29) is 17.9 Å². The molecule has 1 saturated heterocycles. The third-order valence-electron chi connectivity index (χ3n) is 4.19. The molecule has 0 saturated carbocycles. The largest absolute Gasteiger partial charge is 0.354 e. The molecule has 1 aromatic carbocycles. The highest BCUT2D eigenvalue weighted by molar-refractivity contribution is 5.82. The highest BCUT2D eigenvalue weighted by Gasteiger charge is 2.23. The molecule has 1 atom stereocenters. The predicted molar refractivity (Wildman–Crippen MR) is 79.7 cm³/mol. The van der Waals surface area contributed by atoms with Crippen LogP contribution in [0.15, 0.2) is 24.3 Å². The molecular weight excluding hydrogens is 266 g/mol. The second kappa shape index (κ2) is 6.26. The van der Waals surface area contributed by atoms with E-state index in [1.54, 1.807) is 0 Å². The van der Waals surface area contributed by atoms with Gasteiger partial charge >= 0.3 is 0 Å². The van der Waals surface area contributed by atoms with Gasteiger partial charge in [-0.25, -0.2) is 0 Å². The number of rotatable bonds is 3. The van der Waals surface area contributed by atoms with Crippen molar-refractivity contribution in [1.82, 2.24) is 15.5 Å². The van der Waals surface area contributed by atoms with Gasteiger partial charge in [0.25, 0.3) is 0 Å². The monoisotopic (exact) mass is 287 g/mol. The molecule has 1 fully saturated rings. The van der Waals surface area contributed by atoms with Gasteiger partial charge in [-0.3, -0.25) is 14.5 Å². The van der Waals surface area contributed by atoms with Gasteiger partial charge in [0.15, 0.2) is 0 Å². The van der Waals surface area contributed by atoms with Gasteiger partial charge < -0.3 is 10.6 Å². The molecule has 0 radical (unpaired) electrons. The van der Waals surface area contributed by atoms with Crippen LogP contribution >= 0.6 is 0 Å². The van der Waals surface area contributed by atoms with Crippen LogP contribution in [0.25, 0.3) is 0 Å². The Morgan fingerprint density at radius 2 is 2.24 bits per heavy atom. The minimum absolute atomic E-state index is 0.00272. The number of nitrogens with zero attached hydrogens (tertiary/aromatic N) is 1. The molecule has 112 valence electrons. The number of aryl methyl sites for hydroxylation is 1. The van der Waals surface area contributed by atoms with E-state index in [9.17, 15) is 9.59 Å². The normalized spacial score (nSPS) is 22.3. The SMILES string of the molecule is O=C1CN(CC(=O)N[C@@H]2CCCc3ccccc32)CCN1. The number of fused-ring (bicyclic) bond motifs is 1. The summed E-state index contributed by atoms with van der Waals surface area (Å²) in [5.41, 5.74) is 2.58. The summed E-state index contributed by atoms with van der Waals surface area (Å²) in [6.45, 7) is 1.97. The smallest absolute Gasteiger partial charge is 0.234 e. The molecule has 21 heavy (non-hydrogen) atoms. The van der Waals surface area contributed by atoms with Gasteiger partial charge in [-0.2, -0.15) is 0 Å². The summed E-state index contributed by atoms with van der Waals surface area (Å²) in [5.74, 6) is 0.00321. The predicted octanol–water partition coefficient (Wildman–Crippen LogP) is 0.612. The zero-order valence-corrected chi connectivity index (χ0v) is 12.1. The van der Waals surface area contributed by atoms with Crippen LogP contribution in [0.5, 0.6) is 0 Å². The number of piperazine rings is 1. The Hall–Kier alpha value is -1.88.